The summed E-state index contributed by atoms with van der Waals surface area (Å²) in [6.45, 7) is 13.5. The lowest BCUT2D eigenvalue weighted by Gasteiger charge is -2.31. The van der Waals surface area contributed by atoms with Crippen LogP contribution in [0.2, 0.25) is 0 Å². The fourth-order valence-corrected chi connectivity index (χ4v) is 7.72. The second kappa shape index (κ2) is 23.2. The molecule has 7 nitrogen and oxygen atoms in total. The molecule has 2 aliphatic rings. The smallest absolute Gasteiger partial charge is 0.333 e. The molecule has 55 heavy (non-hydrogen) atoms. The van der Waals surface area contributed by atoms with Crippen molar-refractivity contribution in [3.63, 3.8) is 0 Å². The van der Waals surface area contributed by atoms with Gasteiger partial charge in [0.15, 0.2) is 0 Å². The van der Waals surface area contributed by atoms with Crippen molar-refractivity contribution in [2.45, 2.75) is 117 Å². The number of allylic oxidation sites excluding steroid dienone is 4. The number of aliphatic hydroxyl groups excluding tert-OH is 2. The molecule has 0 heterocycles. The highest BCUT2D eigenvalue weighted by atomic mass is 16.5. The molecule has 300 valence electrons. The van der Waals surface area contributed by atoms with Gasteiger partial charge in [0.25, 0.3) is 0 Å². The van der Waals surface area contributed by atoms with E-state index in [9.17, 15) is 19.8 Å². The lowest BCUT2D eigenvalue weighted by atomic mass is 9.75. The summed E-state index contributed by atoms with van der Waals surface area (Å²) in [7, 11) is 0. The van der Waals surface area contributed by atoms with Gasteiger partial charge >= 0.3 is 11.9 Å². The van der Waals surface area contributed by atoms with Crippen LogP contribution < -0.4 is 4.74 Å². The highest BCUT2D eigenvalue weighted by molar-refractivity contribution is 5.87. The number of carbonyl (C=O) groups is 2. The summed E-state index contributed by atoms with van der Waals surface area (Å²) in [4.78, 5) is 24.1. The van der Waals surface area contributed by atoms with E-state index >= 15 is 0 Å². The zero-order valence-corrected chi connectivity index (χ0v) is 33.8. The highest BCUT2D eigenvalue weighted by Gasteiger charge is 2.24. The van der Waals surface area contributed by atoms with E-state index in [1.54, 1.807) is 13.8 Å². The standard InChI is InChI=1S/C48H66O7/c1-6-7-8-11-36-14-16-38(17-15-36)39-18-20-40(21-19-39)41-22-24-42(25-23-41)45-30-43(12-9-27-54-47(51)34(2)3)46(53-29-26-37(32-49)33-50)44(31-45)13-10-28-55-48(52)35(4)5/h18-20,22-25,30-31,36-38,40,49-50H,2,4,6-17,21,26-29,32-33H2,1,3,5H3. The lowest BCUT2D eigenvalue weighted by molar-refractivity contribution is -0.139. The van der Waals surface area contributed by atoms with Gasteiger partial charge < -0.3 is 24.4 Å². The first-order chi connectivity index (χ1) is 26.6. The Morgan fingerprint density at radius 1 is 0.800 bits per heavy atom. The molecule has 1 atom stereocenters. The van der Waals surface area contributed by atoms with Gasteiger partial charge in [0.2, 0.25) is 0 Å². The minimum Gasteiger partial charge on any atom is -0.493 e. The van der Waals surface area contributed by atoms with Crippen molar-refractivity contribution in [3.8, 4) is 16.9 Å². The van der Waals surface area contributed by atoms with E-state index in [0.29, 0.717) is 61.7 Å². The number of carbonyl (C=O) groups excluding carboxylic acids is 2. The largest absolute Gasteiger partial charge is 0.493 e. The highest BCUT2D eigenvalue weighted by Crippen LogP contribution is 2.40. The van der Waals surface area contributed by atoms with Crippen LogP contribution in [0.4, 0.5) is 0 Å². The molecular formula is C48H66O7. The molecule has 2 N–H and O–H groups in total. The van der Waals surface area contributed by atoms with Crippen LogP contribution in [-0.4, -0.2) is 55.2 Å². The van der Waals surface area contributed by atoms with Gasteiger partial charge in [-0.3, -0.25) is 0 Å². The molecule has 4 rings (SSSR count). The van der Waals surface area contributed by atoms with Gasteiger partial charge in [-0.15, -0.1) is 0 Å². The molecule has 0 radical (unpaired) electrons. The predicted octanol–water partition coefficient (Wildman–Crippen LogP) is 10.2. The zero-order chi connectivity index (χ0) is 39.6. The number of aliphatic hydroxyl groups is 2. The topological polar surface area (TPSA) is 102 Å². The summed E-state index contributed by atoms with van der Waals surface area (Å²) in [6, 6.07) is 13.2. The van der Waals surface area contributed by atoms with Crippen LogP contribution in [0.1, 0.15) is 120 Å². The summed E-state index contributed by atoms with van der Waals surface area (Å²) in [5, 5.41) is 19.3. The van der Waals surface area contributed by atoms with Crippen LogP contribution >= 0.6 is 0 Å². The van der Waals surface area contributed by atoms with Crippen LogP contribution in [0.3, 0.4) is 0 Å². The number of hydrogen-bond acceptors (Lipinski definition) is 7. The van der Waals surface area contributed by atoms with Gasteiger partial charge in [-0.25, -0.2) is 9.59 Å². The Bertz CT molecular complexity index is 1550. The van der Waals surface area contributed by atoms with Crippen LogP contribution in [0.15, 0.2) is 84.5 Å². The monoisotopic (exact) mass is 754 g/mol. The van der Waals surface area contributed by atoms with Crippen molar-refractivity contribution in [1.29, 1.82) is 0 Å². The first kappa shape index (κ1) is 43.8. The minimum atomic E-state index is -0.408. The first-order valence-electron chi connectivity index (χ1n) is 20.8. The Morgan fingerprint density at radius 2 is 1.40 bits per heavy atom. The molecule has 0 amide bonds. The van der Waals surface area contributed by atoms with E-state index in [1.807, 2.05) is 0 Å². The SMILES string of the molecule is C=C(C)C(=O)OCCCc1cc(-c2ccc(C3C=CC(C4CCC(CCCCC)CC4)=CC3)cc2)cc(CCCOC(=O)C(=C)C)c1OCCC(CO)CO. The van der Waals surface area contributed by atoms with E-state index in [1.165, 1.54) is 62.5 Å². The number of ether oxygens (including phenoxy) is 3. The predicted molar refractivity (Wildman–Crippen MR) is 222 cm³/mol. The van der Waals surface area contributed by atoms with E-state index in [2.05, 4.69) is 74.7 Å². The molecule has 7 heteroatoms. The molecule has 2 aliphatic carbocycles. The number of benzene rings is 2. The lowest BCUT2D eigenvalue weighted by Crippen LogP contribution is -2.16. The van der Waals surface area contributed by atoms with Gasteiger partial charge in [0.1, 0.15) is 5.75 Å². The summed E-state index contributed by atoms with van der Waals surface area (Å²) in [5.41, 5.74) is 7.67. The van der Waals surface area contributed by atoms with Crippen molar-refractivity contribution < 1.29 is 34.0 Å². The summed E-state index contributed by atoms with van der Waals surface area (Å²) >= 11 is 0. The third kappa shape index (κ3) is 13.9. The number of unbranched alkanes of at least 4 members (excludes halogenated alkanes) is 2. The van der Waals surface area contributed by atoms with Crippen molar-refractivity contribution >= 4 is 11.9 Å². The van der Waals surface area contributed by atoms with Gasteiger partial charge in [0.05, 0.1) is 19.8 Å². The van der Waals surface area contributed by atoms with Gasteiger partial charge in [-0.2, -0.15) is 0 Å². The maximum atomic E-state index is 12.1. The Balaban J connectivity index is 1.51. The second-order valence-electron chi connectivity index (χ2n) is 15.8. The van der Waals surface area contributed by atoms with Gasteiger partial charge in [0, 0.05) is 36.2 Å². The third-order valence-corrected chi connectivity index (χ3v) is 11.2. The normalized spacial score (nSPS) is 18.1. The summed E-state index contributed by atoms with van der Waals surface area (Å²) in [5.74, 6) is 1.65. The first-order valence-corrected chi connectivity index (χ1v) is 20.8. The average Bonchev–Trinajstić information content (AvgIpc) is 3.20. The number of esters is 2. The molecular weight excluding hydrogens is 689 g/mol. The van der Waals surface area contributed by atoms with E-state index in [-0.39, 0.29) is 32.3 Å². The number of aryl methyl sites for hydroxylation is 2. The van der Waals surface area contributed by atoms with E-state index in [4.69, 9.17) is 14.2 Å². The molecule has 0 bridgehead atoms. The van der Waals surface area contributed by atoms with Crippen molar-refractivity contribution in [1.82, 2.24) is 0 Å². The molecule has 0 aromatic heterocycles. The molecule has 1 fully saturated rings. The fourth-order valence-electron chi connectivity index (χ4n) is 7.72. The van der Waals surface area contributed by atoms with Crippen LogP contribution in [0.25, 0.3) is 11.1 Å². The zero-order valence-electron chi connectivity index (χ0n) is 33.8. The molecule has 2 aromatic rings. The summed E-state index contributed by atoms with van der Waals surface area (Å²) in [6.07, 6.45) is 22.1. The van der Waals surface area contributed by atoms with E-state index in [0.717, 1.165) is 40.3 Å². The molecule has 0 spiro atoms. The second-order valence-corrected chi connectivity index (χ2v) is 15.8. The quantitative estimate of drug-likeness (QED) is 0.0662. The van der Waals surface area contributed by atoms with Crippen LogP contribution in [0, 0.1) is 17.8 Å². The van der Waals surface area contributed by atoms with Crippen LogP contribution in [-0.2, 0) is 31.9 Å². The Morgan fingerprint density at radius 3 is 1.91 bits per heavy atom. The Hall–Kier alpha value is -3.94. The Kier molecular flexibility index (Phi) is 18.5. The van der Waals surface area contributed by atoms with Crippen molar-refractivity contribution in [3.05, 3.63) is 101 Å². The molecule has 1 unspecified atom stereocenters. The maximum Gasteiger partial charge on any atom is 0.333 e. The maximum absolute atomic E-state index is 12.1. The minimum absolute atomic E-state index is 0.120. The molecule has 2 aromatic carbocycles. The number of rotatable bonds is 23. The summed E-state index contributed by atoms with van der Waals surface area (Å²) < 4.78 is 17.2. The molecule has 1 saturated carbocycles. The fraction of sp³-hybridized carbons (Fsp3) is 0.542. The van der Waals surface area contributed by atoms with Crippen molar-refractivity contribution in [2.75, 3.05) is 33.0 Å². The Labute approximate surface area is 330 Å². The number of hydrogen-bond donors (Lipinski definition) is 2. The molecule has 0 saturated heterocycles. The van der Waals surface area contributed by atoms with Crippen molar-refractivity contribution in [2.24, 2.45) is 17.8 Å². The molecule has 0 aliphatic heterocycles. The van der Waals surface area contributed by atoms with Crippen LogP contribution in [0.5, 0.6) is 5.75 Å². The van der Waals surface area contributed by atoms with Gasteiger partial charge in [-0.05, 0) is 135 Å². The third-order valence-electron chi connectivity index (χ3n) is 11.2. The average molecular weight is 755 g/mol. The van der Waals surface area contributed by atoms with E-state index < -0.39 is 11.9 Å². The van der Waals surface area contributed by atoms with Gasteiger partial charge in [-0.1, -0.05) is 88.3 Å².